The maximum absolute atomic E-state index is 12.3. The maximum atomic E-state index is 12.3. The molecule has 1 fully saturated rings. The molecule has 22 heavy (non-hydrogen) atoms. The monoisotopic (exact) mass is 364 g/mol. The van der Waals surface area contributed by atoms with Crippen molar-refractivity contribution in [2.75, 3.05) is 0 Å². The van der Waals surface area contributed by atoms with E-state index in [1.807, 2.05) is 12.1 Å². The number of hydrogen-bond acceptors (Lipinski definition) is 2. The third-order valence-electron chi connectivity index (χ3n) is 4.76. The van der Waals surface area contributed by atoms with E-state index in [1.54, 1.807) is 6.92 Å². The van der Waals surface area contributed by atoms with Crippen molar-refractivity contribution >= 4 is 27.7 Å². The topological polar surface area (TPSA) is 58.2 Å². The fraction of sp³-hybridized carbons (Fsp3) is 0.529. The van der Waals surface area contributed by atoms with Crippen LogP contribution < -0.4 is 10.6 Å². The highest BCUT2D eigenvalue weighted by atomic mass is 79.9. The van der Waals surface area contributed by atoms with Gasteiger partial charge in [0.1, 0.15) is 6.04 Å². The highest BCUT2D eigenvalue weighted by Crippen LogP contribution is 2.35. The van der Waals surface area contributed by atoms with Crippen molar-refractivity contribution in [1.82, 2.24) is 10.6 Å². The molecule has 2 aliphatic carbocycles. The molecule has 2 N–H and O–H groups in total. The molecule has 0 saturated heterocycles. The van der Waals surface area contributed by atoms with Gasteiger partial charge in [0.2, 0.25) is 11.8 Å². The van der Waals surface area contributed by atoms with Crippen molar-refractivity contribution in [3.63, 3.8) is 0 Å². The van der Waals surface area contributed by atoms with Crippen LogP contribution >= 0.6 is 15.9 Å². The van der Waals surface area contributed by atoms with Crippen LogP contribution in [0.15, 0.2) is 22.7 Å². The van der Waals surface area contributed by atoms with Crippen molar-refractivity contribution in [1.29, 1.82) is 0 Å². The Labute approximate surface area is 139 Å². The summed E-state index contributed by atoms with van der Waals surface area (Å²) < 4.78 is 1.10. The van der Waals surface area contributed by atoms with Gasteiger partial charge < -0.3 is 10.6 Å². The minimum absolute atomic E-state index is 0.0171. The van der Waals surface area contributed by atoms with E-state index in [4.69, 9.17) is 0 Å². The molecule has 5 heteroatoms. The molecule has 0 spiro atoms. The van der Waals surface area contributed by atoms with Crippen LogP contribution in [0.5, 0.6) is 0 Å². The number of nitrogens with one attached hydrogen (secondary N) is 2. The molecule has 1 saturated carbocycles. The molecule has 2 aliphatic rings. The van der Waals surface area contributed by atoms with Crippen molar-refractivity contribution in [2.24, 2.45) is 5.92 Å². The summed E-state index contributed by atoms with van der Waals surface area (Å²) in [5, 5.41) is 5.90. The van der Waals surface area contributed by atoms with Crippen molar-refractivity contribution in [2.45, 2.75) is 51.1 Å². The fourth-order valence-corrected chi connectivity index (χ4v) is 3.70. The van der Waals surface area contributed by atoms with Crippen molar-refractivity contribution in [3.8, 4) is 0 Å². The van der Waals surface area contributed by atoms with Crippen LogP contribution in [0.4, 0.5) is 0 Å². The van der Waals surface area contributed by atoms with Gasteiger partial charge in [-0.15, -0.1) is 0 Å². The maximum Gasteiger partial charge on any atom is 0.242 e. The summed E-state index contributed by atoms with van der Waals surface area (Å²) in [5.41, 5.74) is 2.46. The number of amides is 2. The van der Waals surface area contributed by atoms with Gasteiger partial charge in [-0.1, -0.05) is 34.5 Å². The van der Waals surface area contributed by atoms with Gasteiger partial charge in [-0.2, -0.15) is 0 Å². The number of rotatable bonds is 4. The lowest BCUT2D eigenvalue weighted by molar-refractivity contribution is -0.132. The predicted octanol–water partition coefficient (Wildman–Crippen LogP) is 2.86. The first-order valence-corrected chi connectivity index (χ1v) is 8.73. The average Bonchev–Trinajstić information content (AvgIpc) is 2.81. The van der Waals surface area contributed by atoms with Gasteiger partial charge in [-0.05, 0) is 49.8 Å². The van der Waals surface area contributed by atoms with Gasteiger partial charge in [0.15, 0.2) is 0 Å². The van der Waals surface area contributed by atoms with Crippen molar-refractivity contribution in [3.05, 3.63) is 33.8 Å². The molecular weight excluding hydrogens is 344 g/mol. The second kappa shape index (κ2) is 6.41. The quantitative estimate of drug-likeness (QED) is 0.862. The number of carbonyl (C=O) groups is 2. The molecule has 0 heterocycles. The molecule has 2 atom stereocenters. The number of hydrogen-bond donors (Lipinski definition) is 2. The minimum atomic E-state index is -0.482. The molecule has 0 radical (unpaired) electrons. The van der Waals surface area contributed by atoms with E-state index in [0.29, 0.717) is 0 Å². The molecule has 0 unspecified atom stereocenters. The zero-order valence-corrected chi connectivity index (χ0v) is 14.3. The molecule has 118 valence electrons. The molecule has 0 bridgehead atoms. The smallest absolute Gasteiger partial charge is 0.242 e. The zero-order valence-electron chi connectivity index (χ0n) is 12.7. The third kappa shape index (κ3) is 3.05. The van der Waals surface area contributed by atoms with Gasteiger partial charge in [-0.25, -0.2) is 0 Å². The van der Waals surface area contributed by atoms with Crippen LogP contribution in [0, 0.1) is 5.92 Å². The normalized spacial score (nSPS) is 21.6. The van der Waals surface area contributed by atoms with Gasteiger partial charge in [-0.3, -0.25) is 9.59 Å². The number of carbonyl (C=O) groups excluding carboxylic acids is 2. The first-order valence-electron chi connectivity index (χ1n) is 7.94. The average molecular weight is 365 g/mol. The molecule has 3 rings (SSSR count). The van der Waals surface area contributed by atoms with E-state index in [9.17, 15) is 9.59 Å². The van der Waals surface area contributed by atoms with Gasteiger partial charge in [0.05, 0.1) is 6.04 Å². The van der Waals surface area contributed by atoms with Crippen molar-refractivity contribution < 1.29 is 9.59 Å². The Hall–Kier alpha value is -1.36. The first-order chi connectivity index (χ1) is 10.6. The Kier molecular flexibility index (Phi) is 4.52. The highest BCUT2D eigenvalue weighted by molar-refractivity contribution is 9.10. The molecule has 0 aliphatic heterocycles. The van der Waals surface area contributed by atoms with E-state index >= 15 is 0 Å². The fourth-order valence-electron chi connectivity index (χ4n) is 3.12. The lowest BCUT2D eigenvalue weighted by Crippen LogP contribution is -2.48. The second-order valence-electron chi connectivity index (χ2n) is 6.27. The van der Waals surface area contributed by atoms with E-state index in [0.717, 1.165) is 36.6 Å². The summed E-state index contributed by atoms with van der Waals surface area (Å²) in [7, 11) is 0. The van der Waals surface area contributed by atoms with E-state index < -0.39 is 6.04 Å². The van der Waals surface area contributed by atoms with Crippen LogP contribution in [0.3, 0.4) is 0 Å². The summed E-state index contributed by atoms with van der Waals surface area (Å²) in [6, 6.07) is 5.65. The molecule has 4 nitrogen and oxygen atoms in total. The van der Waals surface area contributed by atoms with E-state index in [1.165, 1.54) is 11.1 Å². The summed E-state index contributed by atoms with van der Waals surface area (Å²) in [5.74, 6) is 0.0207. The standard InChI is InChI=1S/C17H21BrN2O2/c1-10(19-17(22)11-4-2-5-11)16(21)20-15-9-8-12-13(15)6-3-7-14(12)18/h3,6-7,10-11,15H,2,4-5,8-9H2,1H3,(H,19,22)(H,20,21)/t10-,15-/m0/s1. The molecular formula is C17H21BrN2O2. The van der Waals surface area contributed by atoms with E-state index in [2.05, 4.69) is 32.6 Å². The number of benzene rings is 1. The Morgan fingerprint density at radius 1 is 1.27 bits per heavy atom. The Morgan fingerprint density at radius 3 is 2.73 bits per heavy atom. The van der Waals surface area contributed by atoms with Crippen LogP contribution in [0.1, 0.15) is 49.8 Å². The first kappa shape index (κ1) is 15.5. The number of fused-ring (bicyclic) bond motifs is 1. The Bertz CT molecular complexity index is 598. The SMILES string of the molecule is C[C@H](NC(=O)C1CCC1)C(=O)N[C@H]1CCc2c(Br)cccc21. The van der Waals surface area contributed by atoms with Gasteiger partial charge >= 0.3 is 0 Å². The summed E-state index contributed by atoms with van der Waals surface area (Å²) in [6.45, 7) is 1.75. The molecule has 0 aromatic heterocycles. The summed E-state index contributed by atoms with van der Waals surface area (Å²) in [4.78, 5) is 24.2. The minimum Gasteiger partial charge on any atom is -0.348 e. The highest BCUT2D eigenvalue weighted by Gasteiger charge is 2.30. The lowest BCUT2D eigenvalue weighted by Gasteiger charge is -2.26. The molecule has 1 aromatic rings. The molecule has 1 aromatic carbocycles. The Balaban J connectivity index is 1.58. The van der Waals surface area contributed by atoms with Gasteiger partial charge in [0.25, 0.3) is 0 Å². The summed E-state index contributed by atoms with van der Waals surface area (Å²) >= 11 is 3.56. The number of halogens is 1. The lowest BCUT2D eigenvalue weighted by atomic mass is 9.84. The summed E-state index contributed by atoms with van der Waals surface area (Å²) in [6.07, 6.45) is 4.89. The zero-order chi connectivity index (χ0) is 15.7. The van der Waals surface area contributed by atoms with Gasteiger partial charge in [0, 0.05) is 10.4 Å². The van der Waals surface area contributed by atoms with E-state index in [-0.39, 0.29) is 23.8 Å². The predicted molar refractivity (Wildman–Crippen MR) is 88.3 cm³/mol. The third-order valence-corrected chi connectivity index (χ3v) is 5.50. The molecule has 2 amide bonds. The second-order valence-corrected chi connectivity index (χ2v) is 7.12. The van der Waals surface area contributed by atoms with Crippen LogP contribution in [0.2, 0.25) is 0 Å². The van der Waals surface area contributed by atoms with Crippen LogP contribution in [0.25, 0.3) is 0 Å². The largest absolute Gasteiger partial charge is 0.348 e. The van der Waals surface area contributed by atoms with Crippen LogP contribution in [-0.2, 0) is 16.0 Å². The Morgan fingerprint density at radius 2 is 2.05 bits per heavy atom. The van der Waals surface area contributed by atoms with Crippen LogP contribution in [-0.4, -0.2) is 17.9 Å².